The third-order valence-electron chi connectivity index (χ3n) is 7.16. The van der Waals surface area contributed by atoms with Gasteiger partial charge in [-0.1, -0.05) is 86.1 Å². The zero-order chi connectivity index (χ0) is 28.1. The predicted molar refractivity (Wildman–Crippen MR) is 163 cm³/mol. The highest BCUT2D eigenvalue weighted by molar-refractivity contribution is 7.98. The molecule has 1 amide bonds. The van der Waals surface area contributed by atoms with E-state index in [-0.39, 0.29) is 17.2 Å². The van der Waals surface area contributed by atoms with Crippen molar-refractivity contribution in [3.05, 3.63) is 94.8 Å². The molecular formula is C32H35ClN4O2S. The number of thioether (sulfide) groups is 1. The Morgan fingerprint density at radius 3 is 2.58 bits per heavy atom. The Balaban J connectivity index is 1.17. The maximum atomic E-state index is 13.3. The Kier molecular flexibility index (Phi) is 8.94. The molecule has 0 bridgehead atoms. The van der Waals surface area contributed by atoms with Crippen molar-refractivity contribution in [2.24, 2.45) is 5.92 Å². The van der Waals surface area contributed by atoms with Gasteiger partial charge in [-0.2, -0.15) is 4.98 Å². The highest BCUT2D eigenvalue weighted by atomic mass is 35.5. The average molecular weight is 575 g/mol. The van der Waals surface area contributed by atoms with Crippen LogP contribution in [0.4, 0.5) is 5.69 Å². The number of anilines is 1. The molecule has 1 aromatic heterocycles. The van der Waals surface area contributed by atoms with Gasteiger partial charge in [0.1, 0.15) is 0 Å². The maximum absolute atomic E-state index is 13.3. The summed E-state index contributed by atoms with van der Waals surface area (Å²) in [6, 6.07) is 24.2. The topological polar surface area (TPSA) is 71.3 Å². The van der Waals surface area contributed by atoms with Gasteiger partial charge >= 0.3 is 0 Å². The highest BCUT2D eigenvalue weighted by Crippen LogP contribution is 2.31. The van der Waals surface area contributed by atoms with Gasteiger partial charge < -0.3 is 9.84 Å². The van der Waals surface area contributed by atoms with Crippen LogP contribution in [-0.4, -0.2) is 34.0 Å². The van der Waals surface area contributed by atoms with Crippen LogP contribution in [0.25, 0.3) is 11.4 Å². The first kappa shape index (κ1) is 28.4. The van der Waals surface area contributed by atoms with Gasteiger partial charge in [0, 0.05) is 27.8 Å². The molecule has 0 radical (unpaired) electrons. The minimum Gasteiger partial charge on any atom is -0.338 e. The third kappa shape index (κ3) is 7.33. The van der Waals surface area contributed by atoms with Crippen LogP contribution in [0.5, 0.6) is 0 Å². The van der Waals surface area contributed by atoms with Crippen molar-refractivity contribution in [2.75, 3.05) is 18.4 Å². The average Bonchev–Trinajstić information content (AvgIpc) is 3.41. The number of piperidine rings is 1. The number of nitrogens with one attached hydrogen (secondary N) is 1. The largest absolute Gasteiger partial charge is 0.338 e. The lowest BCUT2D eigenvalue weighted by Crippen LogP contribution is -2.40. The second kappa shape index (κ2) is 12.6. The minimum atomic E-state index is -0.101. The molecule has 3 aromatic carbocycles. The summed E-state index contributed by atoms with van der Waals surface area (Å²) in [6.07, 6.45) is 1.80. The normalized spacial score (nSPS) is 16.1. The van der Waals surface area contributed by atoms with E-state index < -0.39 is 0 Å². The van der Waals surface area contributed by atoms with E-state index in [1.165, 1.54) is 11.1 Å². The molecule has 6 nitrogen and oxygen atoms in total. The van der Waals surface area contributed by atoms with Gasteiger partial charge in [0.25, 0.3) is 0 Å². The van der Waals surface area contributed by atoms with Crippen LogP contribution in [-0.2, 0) is 22.5 Å². The fraction of sp³-hybridized carbons (Fsp3) is 0.344. The molecule has 1 fully saturated rings. The first-order valence-electron chi connectivity index (χ1n) is 13.7. The summed E-state index contributed by atoms with van der Waals surface area (Å²) >= 11 is 7.72. The second-order valence-electron chi connectivity index (χ2n) is 11.3. The summed E-state index contributed by atoms with van der Waals surface area (Å²) in [7, 11) is 0. The lowest BCUT2D eigenvalue weighted by molar-refractivity contribution is -0.121. The molecule has 40 heavy (non-hydrogen) atoms. The molecule has 1 unspecified atom stereocenters. The van der Waals surface area contributed by atoms with Crippen LogP contribution < -0.4 is 5.32 Å². The third-order valence-corrected chi connectivity index (χ3v) is 8.56. The summed E-state index contributed by atoms with van der Waals surface area (Å²) in [4.78, 5) is 21.2. The Labute approximate surface area is 245 Å². The number of rotatable bonds is 8. The molecule has 1 saturated heterocycles. The smallest absolute Gasteiger partial charge is 0.241 e. The van der Waals surface area contributed by atoms with Gasteiger partial charge in [0.2, 0.25) is 17.6 Å². The number of para-hydroxylation sites is 1. The number of hydrogen-bond acceptors (Lipinski definition) is 6. The molecule has 2 heterocycles. The monoisotopic (exact) mass is 574 g/mol. The molecular weight excluding hydrogens is 540 g/mol. The summed E-state index contributed by atoms with van der Waals surface area (Å²) in [6.45, 7) is 8.67. The second-order valence-corrected chi connectivity index (χ2v) is 12.8. The van der Waals surface area contributed by atoms with E-state index in [1.807, 2.05) is 60.7 Å². The zero-order valence-electron chi connectivity index (χ0n) is 23.2. The fourth-order valence-corrected chi connectivity index (χ4v) is 5.92. The number of carbonyl (C=O) groups excluding carboxylic acids is 1. The van der Waals surface area contributed by atoms with Gasteiger partial charge in [0.15, 0.2) is 0 Å². The van der Waals surface area contributed by atoms with Crippen LogP contribution in [0, 0.1) is 5.92 Å². The number of aromatic nitrogens is 2. The lowest BCUT2D eigenvalue weighted by atomic mass is 9.87. The van der Waals surface area contributed by atoms with Gasteiger partial charge in [0.05, 0.1) is 18.2 Å². The molecule has 0 aliphatic carbocycles. The van der Waals surface area contributed by atoms with Gasteiger partial charge in [-0.3, -0.25) is 9.69 Å². The first-order chi connectivity index (χ1) is 19.2. The molecule has 8 heteroatoms. The van der Waals surface area contributed by atoms with Crippen LogP contribution in [0.3, 0.4) is 0 Å². The van der Waals surface area contributed by atoms with Gasteiger partial charge in [-0.15, -0.1) is 11.8 Å². The summed E-state index contributed by atoms with van der Waals surface area (Å²) in [5.74, 6) is 1.91. The van der Waals surface area contributed by atoms with Crippen molar-refractivity contribution >= 4 is 35.0 Å². The van der Waals surface area contributed by atoms with Gasteiger partial charge in [-0.05, 0) is 60.2 Å². The van der Waals surface area contributed by atoms with E-state index in [9.17, 15) is 4.79 Å². The molecule has 1 aliphatic heterocycles. The van der Waals surface area contributed by atoms with Crippen LogP contribution in [0.1, 0.15) is 50.6 Å². The lowest BCUT2D eigenvalue weighted by Gasteiger charge is -2.31. The van der Waals surface area contributed by atoms with E-state index in [0.29, 0.717) is 24.8 Å². The molecule has 1 N–H and O–H groups in total. The SMILES string of the molecule is CC(C)(C)c1ccc(-c2noc(CN3CCCC(C(=O)Nc4ccccc4SCc4ccc(Cl)cc4)C3)n2)cc1. The maximum Gasteiger partial charge on any atom is 0.241 e. The van der Waals surface area contributed by atoms with Crippen molar-refractivity contribution in [3.8, 4) is 11.4 Å². The standard InChI is InChI=1S/C32H35ClN4O2S/c1-32(2,3)25-14-12-23(13-15-25)30-35-29(39-36-30)20-37-18-6-7-24(19-37)31(38)34-27-8-4-5-9-28(27)40-21-22-10-16-26(33)17-11-22/h4-5,8-17,24H,6-7,18-21H2,1-3H3,(H,34,38). The summed E-state index contributed by atoms with van der Waals surface area (Å²) < 4.78 is 5.58. The first-order valence-corrected chi connectivity index (χ1v) is 15.0. The number of benzene rings is 3. The van der Waals surface area contributed by atoms with Gasteiger partial charge in [-0.25, -0.2) is 0 Å². The van der Waals surface area contributed by atoms with E-state index in [4.69, 9.17) is 16.1 Å². The van der Waals surface area contributed by atoms with Crippen LogP contribution in [0.15, 0.2) is 82.2 Å². The van der Waals surface area contributed by atoms with Crippen molar-refractivity contribution in [1.29, 1.82) is 0 Å². The Hall–Kier alpha value is -3.13. The van der Waals surface area contributed by atoms with E-state index in [0.717, 1.165) is 46.3 Å². The molecule has 1 atom stereocenters. The molecule has 208 valence electrons. The Morgan fingerprint density at radius 1 is 1.07 bits per heavy atom. The van der Waals surface area contributed by atoms with Crippen molar-refractivity contribution in [2.45, 2.75) is 56.2 Å². The Morgan fingerprint density at radius 2 is 1.82 bits per heavy atom. The molecule has 5 rings (SSSR count). The van der Waals surface area contributed by atoms with E-state index in [2.05, 4.69) is 53.3 Å². The summed E-state index contributed by atoms with van der Waals surface area (Å²) in [5, 5.41) is 8.13. The molecule has 0 spiro atoms. The number of nitrogens with zero attached hydrogens (tertiary/aromatic N) is 3. The summed E-state index contributed by atoms with van der Waals surface area (Å²) in [5.41, 5.74) is 4.33. The van der Waals surface area contributed by atoms with Crippen molar-refractivity contribution in [1.82, 2.24) is 15.0 Å². The zero-order valence-corrected chi connectivity index (χ0v) is 24.8. The van der Waals surface area contributed by atoms with Crippen molar-refractivity contribution < 1.29 is 9.32 Å². The molecule has 1 aliphatic rings. The number of likely N-dealkylation sites (tertiary alicyclic amines) is 1. The Bertz CT molecular complexity index is 1430. The number of amides is 1. The minimum absolute atomic E-state index is 0.0504. The highest BCUT2D eigenvalue weighted by Gasteiger charge is 2.27. The molecule has 4 aromatic rings. The van der Waals surface area contributed by atoms with Crippen LogP contribution >= 0.6 is 23.4 Å². The number of carbonyl (C=O) groups is 1. The quantitative estimate of drug-likeness (QED) is 0.216. The van der Waals surface area contributed by atoms with E-state index >= 15 is 0 Å². The van der Waals surface area contributed by atoms with Crippen LogP contribution in [0.2, 0.25) is 5.02 Å². The number of halogens is 1. The fourth-order valence-electron chi connectivity index (χ4n) is 4.83. The van der Waals surface area contributed by atoms with Crippen molar-refractivity contribution in [3.63, 3.8) is 0 Å². The molecule has 0 saturated carbocycles. The number of hydrogen-bond donors (Lipinski definition) is 1. The van der Waals surface area contributed by atoms with E-state index in [1.54, 1.807) is 11.8 Å². The predicted octanol–water partition coefficient (Wildman–Crippen LogP) is 7.83.